The lowest BCUT2D eigenvalue weighted by Gasteiger charge is -2.18. The van der Waals surface area contributed by atoms with E-state index in [0.29, 0.717) is 18.2 Å². The Hall–Kier alpha value is -2.90. The molecule has 1 aromatic carbocycles. The Kier molecular flexibility index (Phi) is 3.26. The maximum atomic E-state index is 12.2. The molecule has 2 fully saturated rings. The second-order valence-corrected chi connectivity index (χ2v) is 6.04. The second-order valence-electron chi connectivity index (χ2n) is 6.04. The topological polar surface area (TPSA) is 87.2 Å². The molecule has 24 heavy (non-hydrogen) atoms. The first-order valence-corrected chi connectivity index (χ1v) is 7.80. The molecule has 0 unspecified atom stereocenters. The fourth-order valence-corrected chi connectivity index (χ4v) is 3.01. The van der Waals surface area contributed by atoms with Crippen molar-refractivity contribution < 1.29 is 24.0 Å². The van der Waals surface area contributed by atoms with Crippen LogP contribution in [0.3, 0.4) is 0 Å². The molecule has 0 bridgehead atoms. The van der Waals surface area contributed by atoms with Gasteiger partial charge in [-0.15, -0.1) is 0 Å². The Labute approximate surface area is 137 Å². The van der Waals surface area contributed by atoms with Gasteiger partial charge in [0.15, 0.2) is 0 Å². The summed E-state index contributed by atoms with van der Waals surface area (Å²) in [6, 6.07) is 6.35. The summed E-state index contributed by atoms with van der Waals surface area (Å²) in [7, 11) is 0. The second kappa shape index (κ2) is 5.33. The van der Waals surface area contributed by atoms with Crippen LogP contribution in [0.2, 0.25) is 0 Å². The van der Waals surface area contributed by atoms with Gasteiger partial charge in [0, 0.05) is 19.1 Å². The lowest BCUT2D eigenvalue weighted by molar-refractivity contribution is -0.168. The fraction of sp³-hybridized carbons (Fsp3) is 0.375. The van der Waals surface area contributed by atoms with Crippen LogP contribution in [0.4, 0.5) is 4.79 Å². The normalized spacial score (nSPS) is 20.0. The SMILES string of the molecule is O=C(CN1CCN(C2CC2)C1=O)ON1C(=O)c2ccccc2C1=O. The summed E-state index contributed by atoms with van der Waals surface area (Å²) in [6.07, 6.45) is 2.00. The molecule has 2 aliphatic heterocycles. The van der Waals surface area contributed by atoms with E-state index in [2.05, 4.69) is 0 Å². The third-order valence-electron chi connectivity index (χ3n) is 4.38. The van der Waals surface area contributed by atoms with E-state index in [1.54, 1.807) is 17.0 Å². The van der Waals surface area contributed by atoms with Crippen LogP contribution in [0.25, 0.3) is 0 Å². The molecule has 1 saturated carbocycles. The smallest absolute Gasteiger partial charge is 0.328 e. The van der Waals surface area contributed by atoms with Crippen molar-refractivity contribution in [3.8, 4) is 0 Å². The van der Waals surface area contributed by atoms with Crippen molar-refractivity contribution in [2.24, 2.45) is 0 Å². The van der Waals surface area contributed by atoms with Gasteiger partial charge in [0.25, 0.3) is 11.8 Å². The van der Waals surface area contributed by atoms with Crippen LogP contribution in [0.15, 0.2) is 24.3 Å². The lowest BCUT2D eigenvalue weighted by atomic mass is 10.1. The Morgan fingerprint density at radius 2 is 1.67 bits per heavy atom. The van der Waals surface area contributed by atoms with Gasteiger partial charge < -0.3 is 14.6 Å². The van der Waals surface area contributed by atoms with E-state index in [1.807, 2.05) is 0 Å². The molecular formula is C16H15N3O5. The van der Waals surface area contributed by atoms with Crippen LogP contribution >= 0.6 is 0 Å². The van der Waals surface area contributed by atoms with E-state index in [4.69, 9.17) is 4.84 Å². The van der Waals surface area contributed by atoms with Crippen molar-refractivity contribution in [3.63, 3.8) is 0 Å². The van der Waals surface area contributed by atoms with Crippen LogP contribution in [0, 0.1) is 0 Å². The van der Waals surface area contributed by atoms with Gasteiger partial charge in [-0.25, -0.2) is 9.59 Å². The van der Waals surface area contributed by atoms with Gasteiger partial charge >= 0.3 is 12.0 Å². The molecule has 1 aliphatic carbocycles. The first-order chi connectivity index (χ1) is 11.6. The van der Waals surface area contributed by atoms with Crippen LogP contribution in [-0.2, 0) is 9.63 Å². The van der Waals surface area contributed by atoms with Crippen LogP contribution in [0.1, 0.15) is 33.6 Å². The fourth-order valence-electron chi connectivity index (χ4n) is 3.01. The number of hydrogen-bond acceptors (Lipinski definition) is 5. The summed E-state index contributed by atoms with van der Waals surface area (Å²) in [5.74, 6) is -2.15. The monoisotopic (exact) mass is 329 g/mol. The number of benzene rings is 1. The van der Waals surface area contributed by atoms with E-state index < -0.39 is 17.8 Å². The minimum Gasteiger partial charge on any atom is -0.328 e. The summed E-state index contributed by atoms with van der Waals surface area (Å²) < 4.78 is 0. The Balaban J connectivity index is 1.40. The number of amides is 4. The maximum Gasteiger partial charge on any atom is 0.352 e. The molecule has 2 heterocycles. The standard InChI is InChI=1S/C16H15N3O5/c20-13(9-17-7-8-18(16(17)23)10-5-6-10)24-19-14(21)11-3-1-2-4-12(11)15(19)22/h1-4,10H,5-9H2. The highest BCUT2D eigenvalue weighted by Crippen LogP contribution is 2.30. The molecule has 124 valence electrons. The molecule has 4 rings (SSSR count). The van der Waals surface area contributed by atoms with Crippen LogP contribution < -0.4 is 0 Å². The number of nitrogens with zero attached hydrogens (tertiary/aromatic N) is 3. The molecule has 0 radical (unpaired) electrons. The lowest BCUT2D eigenvalue weighted by Crippen LogP contribution is -2.40. The minimum atomic E-state index is -0.810. The molecule has 0 aromatic heterocycles. The van der Waals surface area contributed by atoms with Gasteiger partial charge in [0.05, 0.1) is 11.1 Å². The average molecular weight is 329 g/mol. The Bertz CT molecular complexity index is 723. The Morgan fingerprint density at radius 1 is 1.04 bits per heavy atom. The van der Waals surface area contributed by atoms with Gasteiger partial charge in [-0.05, 0) is 25.0 Å². The first-order valence-electron chi connectivity index (χ1n) is 7.80. The van der Waals surface area contributed by atoms with Gasteiger partial charge in [0.1, 0.15) is 6.54 Å². The quantitative estimate of drug-likeness (QED) is 0.757. The summed E-state index contributed by atoms with van der Waals surface area (Å²) in [6.45, 7) is 0.742. The highest BCUT2D eigenvalue weighted by molar-refractivity contribution is 6.20. The van der Waals surface area contributed by atoms with Crippen molar-refractivity contribution in [2.45, 2.75) is 18.9 Å². The van der Waals surface area contributed by atoms with Crippen molar-refractivity contribution in [3.05, 3.63) is 35.4 Å². The van der Waals surface area contributed by atoms with Gasteiger partial charge in [0.2, 0.25) is 0 Å². The molecule has 8 heteroatoms. The number of carbonyl (C=O) groups is 4. The molecule has 1 saturated heterocycles. The van der Waals surface area contributed by atoms with E-state index in [0.717, 1.165) is 12.8 Å². The molecule has 4 amide bonds. The zero-order chi connectivity index (χ0) is 16.8. The summed E-state index contributed by atoms with van der Waals surface area (Å²) in [5, 5.41) is 0.464. The third-order valence-corrected chi connectivity index (χ3v) is 4.38. The van der Waals surface area contributed by atoms with E-state index in [-0.39, 0.29) is 29.7 Å². The molecule has 0 spiro atoms. The number of rotatable bonds is 4. The van der Waals surface area contributed by atoms with Gasteiger partial charge in [-0.2, -0.15) is 0 Å². The van der Waals surface area contributed by atoms with Crippen molar-refractivity contribution in [1.82, 2.24) is 14.9 Å². The number of carbonyl (C=O) groups excluding carboxylic acids is 4. The van der Waals surface area contributed by atoms with E-state index >= 15 is 0 Å². The van der Waals surface area contributed by atoms with Gasteiger partial charge in [-0.1, -0.05) is 17.2 Å². The number of imide groups is 1. The predicted octanol–water partition coefficient (Wildman–Crippen LogP) is 0.641. The van der Waals surface area contributed by atoms with E-state index in [9.17, 15) is 19.2 Å². The molecule has 0 atom stereocenters. The molecule has 8 nitrogen and oxygen atoms in total. The molecular weight excluding hydrogens is 314 g/mol. The molecule has 0 N–H and O–H groups in total. The summed E-state index contributed by atoms with van der Waals surface area (Å²) >= 11 is 0. The van der Waals surface area contributed by atoms with Crippen LogP contribution in [-0.4, -0.2) is 64.4 Å². The number of hydrogen-bond donors (Lipinski definition) is 0. The average Bonchev–Trinajstić information content (AvgIpc) is 3.32. The molecule has 3 aliphatic rings. The number of hydroxylamine groups is 2. The highest BCUT2D eigenvalue weighted by atomic mass is 16.7. The predicted molar refractivity (Wildman–Crippen MR) is 79.7 cm³/mol. The molecule has 1 aromatic rings. The van der Waals surface area contributed by atoms with Crippen LogP contribution in [0.5, 0.6) is 0 Å². The zero-order valence-electron chi connectivity index (χ0n) is 12.8. The van der Waals surface area contributed by atoms with E-state index in [1.165, 1.54) is 17.0 Å². The largest absolute Gasteiger partial charge is 0.352 e. The minimum absolute atomic E-state index is 0.197. The van der Waals surface area contributed by atoms with Crippen molar-refractivity contribution in [1.29, 1.82) is 0 Å². The summed E-state index contributed by atoms with van der Waals surface area (Å²) in [5.41, 5.74) is 0.403. The van der Waals surface area contributed by atoms with Crippen molar-refractivity contribution >= 4 is 23.8 Å². The highest BCUT2D eigenvalue weighted by Gasteiger charge is 2.41. The third kappa shape index (κ3) is 2.31. The Morgan fingerprint density at radius 3 is 2.25 bits per heavy atom. The number of urea groups is 1. The van der Waals surface area contributed by atoms with Gasteiger partial charge in [-0.3, -0.25) is 9.59 Å². The first kappa shape index (κ1) is 14.7. The van der Waals surface area contributed by atoms with Crippen molar-refractivity contribution in [2.75, 3.05) is 19.6 Å². The number of fused-ring (bicyclic) bond motifs is 1. The summed E-state index contributed by atoms with van der Waals surface area (Å²) in [4.78, 5) is 56.5. The maximum absolute atomic E-state index is 12.2. The zero-order valence-corrected chi connectivity index (χ0v) is 12.8.